The molecule has 0 saturated heterocycles. The number of hydrogen-bond acceptors (Lipinski definition) is 9. The Bertz CT molecular complexity index is 1460. The van der Waals surface area contributed by atoms with Crippen molar-refractivity contribution in [3.63, 3.8) is 0 Å². The smallest absolute Gasteiger partial charge is 0.408 e. The fraction of sp³-hybridized carbons (Fsp3) is 0.353. The van der Waals surface area contributed by atoms with Gasteiger partial charge in [0.05, 0.1) is 24.9 Å². The lowest BCUT2D eigenvalue weighted by Crippen LogP contribution is -2.51. The number of nitrogens with one attached hydrogen (secondary N) is 3. The third kappa shape index (κ3) is 12.4. The van der Waals surface area contributed by atoms with Crippen molar-refractivity contribution in [2.45, 2.75) is 51.3 Å². The van der Waals surface area contributed by atoms with Crippen LogP contribution in [0.25, 0.3) is 0 Å². The van der Waals surface area contributed by atoms with Crippen molar-refractivity contribution in [3.8, 4) is 0 Å². The molecule has 0 fully saturated rings. The number of esters is 1. The van der Waals surface area contributed by atoms with Crippen LogP contribution in [0.1, 0.15) is 37.3 Å². The van der Waals surface area contributed by atoms with Crippen molar-refractivity contribution in [2.24, 2.45) is 10.2 Å². The minimum Gasteiger partial charge on any atom is -0.467 e. The van der Waals surface area contributed by atoms with Crippen LogP contribution in [0.3, 0.4) is 0 Å². The average molecular weight is 631 g/mol. The number of methoxy groups -OCH3 is 1. The summed E-state index contributed by atoms with van der Waals surface area (Å²) in [7, 11) is 5.17. The second-order valence-electron chi connectivity index (χ2n) is 10.8. The molecule has 0 aliphatic heterocycles. The molecule has 46 heavy (non-hydrogen) atoms. The number of benzene rings is 3. The number of amides is 3. The van der Waals surface area contributed by atoms with Crippen LogP contribution in [0, 0.1) is 0 Å². The van der Waals surface area contributed by atoms with E-state index in [1.807, 2.05) is 97.9 Å². The average Bonchev–Trinajstić information content (AvgIpc) is 3.06. The number of carbonyl (C=O) groups is 4. The van der Waals surface area contributed by atoms with Gasteiger partial charge in [-0.2, -0.15) is 10.2 Å². The van der Waals surface area contributed by atoms with Gasteiger partial charge in [-0.1, -0.05) is 42.5 Å². The van der Waals surface area contributed by atoms with Gasteiger partial charge < -0.3 is 30.3 Å². The molecule has 3 aromatic rings. The van der Waals surface area contributed by atoms with E-state index in [0.717, 1.165) is 22.5 Å². The first-order valence-corrected chi connectivity index (χ1v) is 15.0. The Morgan fingerprint density at radius 1 is 0.826 bits per heavy atom. The molecule has 3 N–H and O–H groups in total. The summed E-state index contributed by atoms with van der Waals surface area (Å²) in [5.41, 5.74) is 4.04. The summed E-state index contributed by atoms with van der Waals surface area (Å²) in [5, 5.41) is 16.6. The maximum absolute atomic E-state index is 12.9. The summed E-state index contributed by atoms with van der Waals surface area (Å²) < 4.78 is 9.93. The van der Waals surface area contributed by atoms with Gasteiger partial charge in [-0.3, -0.25) is 9.59 Å². The summed E-state index contributed by atoms with van der Waals surface area (Å²) in [6.45, 7) is 1.92. The maximum Gasteiger partial charge on any atom is 0.408 e. The van der Waals surface area contributed by atoms with E-state index in [1.165, 1.54) is 14.0 Å². The van der Waals surface area contributed by atoms with Gasteiger partial charge in [-0.25, -0.2) is 9.59 Å². The van der Waals surface area contributed by atoms with Crippen LogP contribution in [-0.2, 0) is 36.9 Å². The van der Waals surface area contributed by atoms with E-state index in [1.54, 1.807) is 0 Å². The number of carbonyl (C=O) groups excluding carboxylic acids is 4. The monoisotopic (exact) mass is 630 g/mol. The maximum atomic E-state index is 12.9. The predicted octanol–water partition coefficient (Wildman–Crippen LogP) is 4.97. The molecule has 0 heterocycles. The van der Waals surface area contributed by atoms with Crippen molar-refractivity contribution < 1.29 is 28.7 Å². The molecule has 0 radical (unpaired) electrons. The first kappa shape index (κ1) is 35.2. The molecule has 3 aromatic carbocycles. The zero-order valence-electron chi connectivity index (χ0n) is 26.7. The van der Waals surface area contributed by atoms with Crippen LogP contribution >= 0.6 is 0 Å². The lowest BCUT2D eigenvalue weighted by molar-refractivity contribution is -0.144. The molecule has 3 amide bonds. The number of anilines is 1. The predicted molar refractivity (Wildman–Crippen MR) is 175 cm³/mol. The summed E-state index contributed by atoms with van der Waals surface area (Å²) >= 11 is 0. The first-order valence-electron chi connectivity index (χ1n) is 15.0. The van der Waals surface area contributed by atoms with Gasteiger partial charge in [0.1, 0.15) is 18.7 Å². The van der Waals surface area contributed by atoms with Crippen LogP contribution in [0.2, 0.25) is 0 Å². The van der Waals surface area contributed by atoms with Crippen LogP contribution in [-0.4, -0.2) is 63.7 Å². The quantitative estimate of drug-likeness (QED) is 0.115. The van der Waals surface area contributed by atoms with Gasteiger partial charge in [0, 0.05) is 26.3 Å². The molecule has 0 spiro atoms. The third-order valence-corrected chi connectivity index (χ3v) is 6.90. The molecule has 2 atom stereocenters. The molecule has 0 bridgehead atoms. The minimum absolute atomic E-state index is 0.0439. The fourth-order valence-corrected chi connectivity index (χ4v) is 4.34. The molecule has 0 aliphatic rings. The molecule has 244 valence electrons. The Labute approximate surface area is 269 Å². The van der Waals surface area contributed by atoms with Crippen LogP contribution in [0.4, 0.5) is 21.9 Å². The molecule has 3 rings (SSSR count). The minimum atomic E-state index is -0.950. The number of rotatable bonds is 16. The highest BCUT2D eigenvalue weighted by Crippen LogP contribution is 2.22. The molecule has 12 heteroatoms. The van der Waals surface area contributed by atoms with Crippen LogP contribution < -0.4 is 20.9 Å². The Kier molecular flexibility index (Phi) is 14.2. The van der Waals surface area contributed by atoms with Crippen LogP contribution in [0.5, 0.6) is 0 Å². The number of azo groups is 1. The van der Waals surface area contributed by atoms with E-state index in [0.29, 0.717) is 25.1 Å². The summed E-state index contributed by atoms with van der Waals surface area (Å²) in [6.07, 6.45) is 0.749. The third-order valence-electron chi connectivity index (χ3n) is 6.90. The van der Waals surface area contributed by atoms with Gasteiger partial charge >= 0.3 is 12.1 Å². The van der Waals surface area contributed by atoms with E-state index in [-0.39, 0.29) is 25.4 Å². The molecule has 0 aromatic heterocycles. The summed E-state index contributed by atoms with van der Waals surface area (Å²) in [6, 6.07) is 22.3. The standard InChI is InChI=1S/C34H42N6O6/c1-24(33(43)45-4)36-32(42)30(37-34(44)46-23-25-11-6-5-7-12-25)15-8-9-20-35-31(41)22-26-13-10-14-28(21-26)39-38-27-16-18-29(19-17-27)40(2)3/h5-7,10-14,16-19,21,24,30H,8-9,15,20,22-23H2,1-4H3,(H,35,41)(H,36,42)(H,37,44). The zero-order chi connectivity index (χ0) is 33.3. The largest absolute Gasteiger partial charge is 0.467 e. The fourth-order valence-electron chi connectivity index (χ4n) is 4.34. The Hall–Kier alpha value is -5.26. The number of alkyl carbamates (subject to hydrolysis) is 1. The Morgan fingerprint density at radius 2 is 1.52 bits per heavy atom. The highest BCUT2D eigenvalue weighted by atomic mass is 16.5. The highest BCUT2D eigenvalue weighted by Gasteiger charge is 2.25. The molecule has 0 saturated carbocycles. The van der Waals surface area contributed by atoms with Crippen molar-refractivity contribution in [1.29, 1.82) is 0 Å². The van der Waals surface area contributed by atoms with E-state index in [4.69, 9.17) is 4.74 Å². The van der Waals surface area contributed by atoms with Crippen molar-refractivity contribution in [1.82, 2.24) is 16.0 Å². The molecule has 0 aliphatic carbocycles. The van der Waals surface area contributed by atoms with Crippen LogP contribution in [0.15, 0.2) is 89.1 Å². The van der Waals surface area contributed by atoms with Gasteiger partial charge in [0.25, 0.3) is 0 Å². The lowest BCUT2D eigenvalue weighted by Gasteiger charge is -2.20. The van der Waals surface area contributed by atoms with E-state index < -0.39 is 30.1 Å². The number of unbranched alkanes of at least 4 members (excludes halogenated alkanes) is 1. The lowest BCUT2D eigenvalue weighted by atomic mass is 10.1. The molecular formula is C34H42N6O6. The molecule has 2 unspecified atom stereocenters. The molecule has 12 nitrogen and oxygen atoms in total. The molecular weight excluding hydrogens is 588 g/mol. The Balaban J connectivity index is 1.46. The van der Waals surface area contributed by atoms with Crippen molar-refractivity contribution in [2.75, 3.05) is 32.6 Å². The summed E-state index contributed by atoms with van der Waals surface area (Å²) in [4.78, 5) is 51.7. The number of ether oxygens (including phenoxy) is 2. The zero-order valence-corrected chi connectivity index (χ0v) is 26.7. The van der Waals surface area contributed by atoms with Gasteiger partial charge in [0.2, 0.25) is 11.8 Å². The summed E-state index contributed by atoms with van der Waals surface area (Å²) in [5.74, 6) is -1.30. The number of nitrogens with zero attached hydrogens (tertiary/aromatic N) is 3. The van der Waals surface area contributed by atoms with E-state index >= 15 is 0 Å². The first-order chi connectivity index (χ1) is 22.1. The number of hydrogen-bond donors (Lipinski definition) is 3. The van der Waals surface area contributed by atoms with Crippen molar-refractivity contribution >= 4 is 40.9 Å². The Morgan fingerprint density at radius 3 is 2.22 bits per heavy atom. The SMILES string of the molecule is COC(=O)C(C)NC(=O)C(CCCCNC(=O)Cc1cccc(N=Nc2ccc(N(C)C)cc2)c1)NC(=O)OCc1ccccc1. The van der Waals surface area contributed by atoms with Crippen molar-refractivity contribution in [3.05, 3.63) is 90.0 Å². The van der Waals surface area contributed by atoms with Gasteiger partial charge in [-0.05, 0) is 73.7 Å². The van der Waals surface area contributed by atoms with Gasteiger partial charge in [0.15, 0.2) is 0 Å². The van der Waals surface area contributed by atoms with E-state index in [9.17, 15) is 19.2 Å². The van der Waals surface area contributed by atoms with E-state index in [2.05, 4.69) is 30.9 Å². The second-order valence-corrected chi connectivity index (χ2v) is 10.8. The van der Waals surface area contributed by atoms with Gasteiger partial charge in [-0.15, -0.1) is 0 Å². The topological polar surface area (TPSA) is 151 Å². The second kappa shape index (κ2) is 18.5. The normalized spacial score (nSPS) is 12.1. The highest BCUT2D eigenvalue weighted by molar-refractivity contribution is 5.89.